The van der Waals surface area contributed by atoms with Crippen molar-refractivity contribution in [2.45, 2.75) is 17.9 Å². The van der Waals surface area contributed by atoms with Crippen LogP contribution in [0.15, 0.2) is 0 Å². The summed E-state index contributed by atoms with van der Waals surface area (Å²) < 4.78 is 30.2. The van der Waals surface area contributed by atoms with Gasteiger partial charge in [0.1, 0.15) is 0 Å². The van der Waals surface area contributed by atoms with E-state index in [9.17, 15) is 18.7 Å². The second-order valence-corrected chi connectivity index (χ2v) is 3.02. The second-order valence-electron chi connectivity index (χ2n) is 3.02. The van der Waals surface area contributed by atoms with E-state index in [2.05, 4.69) is 10.1 Å². The largest absolute Gasteiger partial charge is 0.464 e. The summed E-state index contributed by atoms with van der Waals surface area (Å²) in [4.78, 5) is 10.7. The highest BCUT2D eigenvalue weighted by Gasteiger charge is 2.60. The van der Waals surface area contributed by atoms with Crippen LogP contribution in [-0.2, 0) is 9.53 Å². The Balaban J connectivity index is 2.83. The van der Waals surface area contributed by atoms with Crippen LogP contribution < -0.4 is 5.32 Å². The van der Waals surface area contributed by atoms with Crippen LogP contribution in [0.5, 0.6) is 0 Å². The van der Waals surface area contributed by atoms with Crippen molar-refractivity contribution in [1.29, 1.82) is 0 Å². The smallest absolute Gasteiger partial charge is 0.379 e. The van der Waals surface area contributed by atoms with Gasteiger partial charge in [0.05, 0.1) is 7.11 Å². The summed E-state index contributed by atoms with van der Waals surface area (Å²) in [6.07, 6.45) is -0.158. The summed E-state index contributed by atoms with van der Waals surface area (Å²) >= 11 is 0. The zero-order valence-electron chi connectivity index (χ0n) is 7.14. The van der Waals surface area contributed by atoms with E-state index in [1.165, 1.54) is 0 Å². The van der Waals surface area contributed by atoms with Crippen molar-refractivity contribution in [2.75, 3.05) is 20.2 Å². The SMILES string of the molecule is COC(=O)C(F)(F)C1(O)CCNC1. The van der Waals surface area contributed by atoms with Gasteiger partial charge in [0, 0.05) is 6.54 Å². The van der Waals surface area contributed by atoms with E-state index in [4.69, 9.17) is 0 Å². The van der Waals surface area contributed by atoms with Crippen molar-refractivity contribution in [3.63, 3.8) is 0 Å². The number of aliphatic hydroxyl groups is 1. The van der Waals surface area contributed by atoms with Gasteiger partial charge < -0.3 is 15.2 Å². The molecule has 1 aliphatic rings. The van der Waals surface area contributed by atoms with Gasteiger partial charge in [0.2, 0.25) is 0 Å². The van der Waals surface area contributed by atoms with Crippen molar-refractivity contribution in [3.05, 3.63) is 0 Å². The van der Waals surface area contributed by atoms with E-state index in [1.54, 1.807) is 0 Å². The average molecular weight is 195 g/mol. The van der Waals surface area contributed by atoms with E-state index in [1.807, 2.05) is 0 Å². The summed E-state index contributed by atoms with van der Waals surface area (Å²) in [5.41, 5.74) is -2.31. The zero-order valence-corrected chi connectivity index (χ0v) is 7.14. The van der Waals surface area contributed by atoms with Crippen LogP contribution in [0.1, 0.15) is 6.42 Å². The Hall–Kier alpha value is -0.750. The van der Waals surface area contributed by atoms with Crippen molar-refractivity contribution in [3.8, 4) is 0 Å². The van der Waals surface area contributed by atoms with Crippen LogP contribution in [0.25, 0.3) is 0 Å². The summed E-state index contributed by atoms with van der Waals surface area (Å²) in [5.74, 6) is -5.54. The number of hydrogen-bond donors (Lipinski definition) is 2. The van der Waals surface area contributed by atoms with Gasteiger partial charge in [-0.15, -0.1) is 0 Å². The van der Waals surface area contributed by atoms with Gasteiger partial charge in [0.25, 0.3) is 0 Å². The molecule has 0 radical (unpaired) electrons. The lowest BCUT2D eigenvalue weighted by Crippen LogP contribution is -2.55. The Kier molecular flexibility index (Phi) is 2.53. The van der Waals surface area contributed by atoms with Gasteiger partial charge >= 0.3 is 11.9 Å². The molecular formula is C7H11F2NO3. The lowest BCUT2D eigenvalue weighted by atomic mass is 9.95. The molecule has 0 spiro atoms. The van der Waals surface area contributed by atoms with E-state index < -0.39 is 17.5 Å². The minimum Gasteiger partial charge on any atom is -0.464 e. The van der Waals surface area contributed by atoms with Gasteiger partial charge in [-0.05, 0) is 13.0 Å². The van der Waals surface area contributed by atoms with Crippen molar-refractivity contribution >= 4 is 5.97 Å². The van der Waals surface area contributed by atoms with Gasteiger partial charge in [-0.25, -0.2) is 4.79 Å². The fourth-order valence-electron chi connectivity index (χ4n) is 1.26. The molecule has 13 heavy (non-hydrogen) atoms. The highest BCUT2D eigenvalue weighted by molar-refractivity contribution is 5.79. The maximum atomic E-state index is 13.1. The summed E-state index contributed by atoms with van der Waals surface area (Å²) in [6, 6.07) is 0. The molecular weight excluding hydrogens is 184 g/mol. The molecule has 0 saturated carbocycles. The normalized spacial score (nSPS) is 28.9. The Morgan fingerprint density at radius 1 is 1.69 bits per heavy atom. The molecule has 0 amide bonds. The topological polar surface area (TPSA) is 58.6 Å². The number of methoxy groups -OCH3 is 1. The molecule has 0 aromatic carbocycles. The van der Waals surface area contributed by atoms with Gasteiger partial charge in [-0.1, -0.05) is 0 Å². The van der Waals surface area contributed by atoms with E-state index >= 15 is 0 Å². The first-order chi connectivity index (χ1) is 5.94. The number of ether oxygens (including phenoxy) is 1. The first-order valence-electron chi connectivity index (χ1n) is 3.83. The number of nitrogens with one attached hydrogen (secondary N) is 1. The maximum absolute atomic E-state index is 13.1. The number of hydrogen-bond acceptors (Lipinski definition) is 4. The Morgan fingerprint density at radius 2 is 2.31 bits per heavy atom. The minimum atomic E-state index is -3.84. The predicted octanol–water partition coefficient (Wildman–Crippen LogP) is -0.481. The molecule has 6 heteroatoms. The zero-order chi connectivity index (χ0) is 10.1. The van der Waals surface area contributed by atoms with Gasteiger partial charge in [-0.2, -0.15) is 8.78 Å². The molecule has 1 unspecified atom stereocenters. The molecule has 76 valence electrons. The molecule has 0 aliphatic carbocycles. The summed E-state index contributed by atoms with van der Waals surface area (Å²) in [5, 5.41) is 12.0. The first kappa shape index (κ1) is 10.3. The third-order valence-corrected chi connectivity index (χ3v) is 2.16. The molecule has 1 heterocycles. The van der Waals surface area contributed by atoms with Crippen LogP contribution in [0, 0.1) is 0 Å². The molecule has 2 N–H and O–H groups in total. The van der Waals surface area contributed by atoms with Crippen molar-refractivity contribution in [1.82, 2.24) is 5.32 Å². The standard InChI is InChI=1S/C7H11F2NO3/c1-13-5(11)7(8,9)6(12)2-3-10-4-6/h10,12H,2-4H2,1H3. The molecule has 0 bridgehead atoms. The van der Waals surface area contributed by atoms with E-state index in [0.29, 0.717) is 0 Å². The van der Waals surface area contributed by atoms with Gasteiger partial charge in [-0.3, -0.25) is 0 Å². The van der Waals surface area contributed by atoms with Crippen LogP contribution >= 0.6 is 0 Å². The number of esters is 1. The number of carbonyl (C=O) groups is 1. The lowest BCUT2D eigenvalue weighted by Gasteiger charge is -2.28. The Morgan fingerprint density at radius 3 is 2.69 bits per heavy atom. The highest BCUT2D eigenvalue weighted by Crippen LogP contribution is 2.34. The third kappa shape index (κ3) is 1.51. The van der Waals surface area contributed by atoms with E-state index in [0.717, 1.165) is 7.11 Å². The number of β-amino-alcohol motifs (C(OH)–C–C–N with tert-alkyl or cyclic N) is 1. The molecule has 1 aliphatic heterocycles. The quantitative estimate of drug-likeness (QED) is 0.584. The Bertz CT molecular complexity index is 214. The average Bonchev–Trinajstić information content (AvgIpc) is 2.52. The molecule has 1 saturated heterocycles. The fourth-order valence-corrected chi connectivity index (χ4v) is 1.26. The van der Waals surface area contributed by atoms with E-state index in [-0.39, 0.29) is 19.5 Å². The van der Waals surface area contributed by atoms with Crippen LogP contribution in [0.4, 0.5) is 8.78 Å². The molecule has 1 rings (SSSR count). The molecule has 4 nitrogen and oxygen atoms in total. The number of halogens is 2. The highest BCUT2D eigenvalue weighted by atomic mass is 19.3. The Labute approximate surface area is 73.9 Å². The summed E-state index contributed by atoms with van der Waals surface area (Å²) in [7, 11) is 0.863. The fraction of sp³-hybridized carbons (Fsp3) is 0.857. The van der Waals surface area contributed by atoms with Gasteiger partial charge in [0.15, 0.2) is 5.60 Å². The lowest BCUT2D eigenvalue weighted by molar-refractivity contribution is -0.206. The molecule has 1 fully saturated rings. The van der Waals surface area contributed by atoms with Crippen LogP contribution in [0.3, 0.4) is 0 Å². The first-order valence-corrected chi connectivity index (χ1v) is 3.83. The monoisotopic (exact) mass is 195 g/mol. The second kappa shape index (κ2) is 3.19. The predicted molar refractivity (Wildman–Crippen MR) is 39.4 cm³/mol. The van der Waals surface area contributed by atoms with Crippen LogP contribution in [0.2, 0.25) is 0 Å². The maximum Gasteiger partial charge on any atom is 0.379 e. The van der Waals surface area contributed by atoms with Crippen molar-refractivity contribution < 1.29 is 23.4 Å². The van der Waals surface area contributed by atoms with Crippen LogP contribution in [-0.4, -0.2) is 42.8 Å². The number of carbonyl (C=O) groups excluding carboxylic acids is 1. The molecule has 1 atom stereocenters. The number of rotatable bonds is 2. The summed E-state index contributed by atoms with van der Waals surface area (Å²) in [6.45, 7) is -0.0296. The third-order valence-electron chi connectivity index (χ3n) is 2.16. The molecule has 0 aromatic heterocycles. The van der Waals surface area contributed by atoms with Crippen molar-refractivity contribution in [2.24, 2.45) is 0 Å². The minimum absolute atomic E-state index is 0.158. The molecule has 0 aromatic rings. The number of alkyl halides is 2.